The van der Waals surface area contributed by atoms with Crippen LogP contribution in [0.2, 0.25) is 0 Å². The Morgan fingerprint density at radius 3 is 2.68 bits per heavy atom. The molecule has 1 N–H and O–H groups in total. The van der Waals surface area contributed by atoms with Gasteiger partial charge < -0.3 is 4.74 Å². The molecule has 4 aromatic rings. The van der Waals surface area contributed by atoms with Crippen molar-refractivity contribution >= 4 is 23.0 Å². The zero-order valence-corrected chi connectivity index (χ0v) is 19.3. The van der Waals surface area contributed by atoms with E-state index in [1.165, 1.54) is 19.3 Å². The summed E-state index contributed by atoms with van der Waals surface area (Å²) in [7, 11) is 0. The maximum atomic E-state index is 13.0. The van der Waals surface area contributed by atoms with Gasteiger partial charge in [-0.2, -0.15) is 5.10 Å². The van der Waals surface area contributed by atoms with E-state index < -0.39 is 0 Å². The molecule has 6 nitrogen and oxygen atoms in total. The zero-order chi connectivity index (χ0) is 23.6. The summed E-state index contributed by atoms with van der Waals surface area (Å²) in [6.45, 7) is 2.92. The van der Waals surface area contributed by atoms with E-state index in [1.54, 1.807) is 24.7 Å². The number of rotatable bonds is 10. The van der Waals surface area contributed by atoms with Gasteiger partial charge >= 0.3 is 0 Å². The van der Waals surface area contributed by atoms with Crippen molar-refractivity contribution in [1.82, 2.24) is 15.4 Å². The number of para-hydroxylation sites is 1. The minimum absolute atomic E-state index is 0.299. The summed E-state index contributed by atoms with van der Waals surface area (Å²) in [4.78, 5) is 21.8. The van der Waals surface area contributed by atoms with Gasteiger partial charge in [-0.3, -0.25) is 9.78 Å². The van der Waals surface area contributed by atoms with Gasteiger partial charge in [-0.15, -0.1) is 0 Å². The van der Waals surface area contributed by atoms with Gasteiger partial charge in [-0.1, -0.05) is 44.4 Å². The molecule has 0 saturated heterocycles. The average molecular weight is 453 g/mol. The standard InChI is InChI=1S/C28H28N4O2/c1-2-3-4-7-17-34-23-14-12-21(13-15-23)19-30-32-28(33)25-18-27(22-9-8-16-29-20-22)31-26-11-6-5-10-24(25)26/h5-6,8-16,18-20H,2-4,7,17H2,1H3,(H,32,33). The lowest BCUT2D eigenvalue weighted by Crippen LogP contribution is -2.18. The zero-order valence-electron chi connectivity index (χ0n) is 19.3. The average Bonchev–Trinajstić information content (AvgIpc) is 2.89. The second-order valence-corrected chi connectivity index (χ2v) is 7.99. The fourth-order valence-electron chi connectivity index (χ4n) is 3.62. The van der Waals surface area contributed by atoms with E-state index in [2.05, 4.69) is 22.4 Å². The molecular formula is C28H28N4O2. The molecule has 34 heavy (non-hydrogen) atoms. The highest BCUT2D eigenvalue weighted by Gasteiger charge is 2.13. The van der Waals surface area contributed by atoms with E-state index in [1.807, 2.05) is 60.7 Å². The van der Waals surface area contributed by atoms with Gasteiger partial charge in [-0.05, 0) is 60.5 Å². The number of hydrogen-bond donors (Lipinski definition) is 1. The summed E-state index contributed by atoms with van der Waals surface area (Å²) in [5.41, 5.74) is 6.29. The highest BCUT2D eigenvalue weighted by molar-refractivity contribution is 6.07. The highest BCUT2D eigenvalue weighted by atomic mass is 16.5. The third-order valence-electron chi connectivity index (χ3n) is 5.44. The Bertz CT molecular complexity index is 1250. The predicted molar refractivity (Wildman–Crippen MR) is 136 cm³/mol. The Hall–Kier alpha value is -4.06. The van der Waals surface area contributed by atoms with Crippen molar-refractivity contribution in [2.75, 3.05) is 6.61 Å². The second kappa shape index (κ2) is 11.7. The van der Waals surface area contributed by atoms with Gasteiger partial charge in [-0.25, -0.2) is 10.4 Å². The van der Waals surface area contributed by atoms with Gasteiger partial charge in [0, 0.05) is 23.3 Å². The van der Waals surface area contributed by atoms with E-state index in [-0.39, 0.29) is 5.91 Å². The summed E-state index contributed by atoms with van der Waals surface area (Å²) in [6, 6.07) is 20.8. The van der Waals surface area contributed by atoms with Crippen LogP contribution in [0.5, 0.6) is 5.75 Å². The first-order valence-corrected chi connectivity index (χ1v) is 11.6. The lowest BCUT2D eigenvalue weighted by Gasteiger charge is -2.09. The molecule has 172 valence electrons. The number of pyridine rings is 2. The molecule has 0 saturated carbocycles. The van der Waals surface area contributed by atoms with Gasteiger partial charge in [0.25, 0.3) is 5.91 Å². The molecule has 0 aliphatic rings. The van der Waals surface area contributed by atoms with Crippen molar-refractivity contribution in [1.29, 1.82) is 0 Å². The minimum atomic E-state index is -0.299. The fraction of sp³-hybridized carbons (Fsp3) is 0.214. The molecule has 1 amide bonds. The number of unbranched alkanes of at least 4 members (excludes halogenated alkanes) is 3. The molecule has 2 heterocycles. The fourth-order valence-corrected chi connectivity index (χ4v) is 3.62. The number of carbonyl (C=O) groups is 1. The second-order valence-electron chi connectivity index (χ2n) is 7.99. The quantitative estimate of drug-likeness (QED) is 0.181. The number of carbonyl (C=O) groups excluding carboxylic acids is 1. The lowest BCUT2D eigenvalue weighted by atomic mass is 10.0. The first kappa shape index (κ1) is 23.1. The van der Waals surface area contributed by atoms with Crippen molar-refractivity contribution in [3.05, 3.63) is 90.3 Å². The molecule has 0 fully saturated rings. The molecular weight excluding hydrogens is 424 g/mol. The van der Waals surface area contributed by atoms with E-state index >= 15 is 0 Å². The van der Waals surface area contributed by atoms with Gasteiger partial charge in [0.15, 0.2) is 0 Å². The Kier molecular flexibility index (Phi) is 7.95. The predicted octanol–water partition coefficient (Wildman–Crippen LogP) is 6.02. The molecule has 0 aliphatic heterocycles. The molecule has 4 rings (SSSR count). The van der Waals surface area contributed by atoms with Crippen molar-refractivity contribution in [3.63, 3.8) is 0 Å². The van der Waals surface area contributed by atoms with Crippen molar-refractivity contribution < 1.29 is 9.53 Å². The number of amides is 1. The van der Waals surface area contributed by atoms with Crippen LogP contribution in [0.3, 0.4) is 0 Å². The highest BCUT2D eigenvalue weighted by Crippen LogP contribution is 2.24. The van der Waals surface area contributed by atoms with Crippen LogP contribution in [0.15, 0.2) is 84.2 Å². The molecule has 6 heteroatoms. The number of aromatic nitrogens is 2. The van der Waals surface area contributed by atoms with Crippen LogP contribution in [0.1, 0.15) is 48.5 Å². The van der Waals surface area contributed by atoms with Crippen LogP contribution < -0.4 is 10.2 Å². The van der Waals surface area contributed by atoms with Crippen LogP contribution in [0.25, 0.3) is 22.2 Å². The lowest BCUT2D eigenvalue weighted by molar-refractivity contribution is 0.0956. The summed E-state index contributed by atoms with van der Waals surface area (Å²) in [5, 5.41) is 4.92. The van der Waals surface area contributed by atoms with Gasteiger partial charge in [0.2, 0.25) is 0 Å². The molecule has 0 radical (unpaired) electrons. The first-order chi connectivity index (χ1) is 16.7. The molecule has 2 aromatic carbocycles. The van der Waals surface area contributed by atoms with Gasteiger partial charge in [0.1, 0.15) is 5.75 Å². The smallest absolute Gasteiger partial charge is 0.272 e. The van der Waals surface area contributed by atoms with Crippen LogP contribution >= 0.6 is 0 Å². The molecule has 0 aliphatic carbocycles. The van der Waals surface area contributed by atoms with E-state index in [0.717, 1.165) is 40.8 Å². The molecule has 0 atom stereocenters. The van der Waals surface area contributed by atoms with E-state index in [9.17, 15) is 4.79 Å². The van der Waals surface area contributed by atoms with Crippen LogP contribution in [0.4, 0.5) is 0 Å². The molecule has 0 spiro atoms. The van der Waals surface area contributed by atoms with Crippen molar-refractivity contribution in [3.8, 4) is 17.0 Å². The topological polar surface area (TPSA) is 76.5 Å². The number of fused-ring (bicyclic) bond motifs is 1. The Morgan fingerprint density at radius 1 is 1.03 bits per heavy atom. The number of benzene rings is 2. The summed E-state index contributed by atoms with van der Waals surface area (Å²) in [6.07, 6.45) is 9.77. The number of nitrogens with one attached hydrogen (secondary N) is 1. The van der Waals surface area contributed by atoms with Crippen molar-refractivity contribution in [2.45, 2.75) is 32.6 Å². The van der Waals surface area contributed by atoms with Crippen LogP contribution in [-0.4, -0.2) is 28.7 Å². The normalized spacial score (nSPS) is 11.1. The minimum Gasteiger partial charge on any atom is -0.494 e. The van der Waals surface area contributed by atoms with E-state index in [4.69, 9.17) is 9.72 Å². The van der Waals surface area contributed by atoms with E-state index in [0.29, 0.717) is 11.3 Å². The number of hydrazone groups is 1. The molecule has 2 aromatic heterocycles. The summed E-state index contributed by atoms with van der Waals surface area (Å²) >= 11 is 0. The monoisotopic (exact) mass is 452 g/mol. The number of ether oxygens (including phenoxy) is 1. The van der Waals surface area contributed by atoms with Gasteiger partial charge in [0.05, 0.1) is 29.6 Å². The maximum Gasteiger partial charge on any atom is 0.272 e. The largest absolute Gasteiger partial charge is 0.494 e. The summed E-state index contributed by atoms with van der Waals surface area (Å²) < 4.78 is 5.77. The Morgan fingerprint density at radius 2 is 1.88 bits per heavy atom. The van der Waals surface area contributed by atoms with Crippen molar-refractivity contribution in [2.24, 2.45) is 5.10 Å². The van der Waals surface area contributed by atoms with Crippen LogP contribution in [0, 0.1) is 0 Å². The molecule has 0 unspecified atom stereocenters. The Labute approximate surface area is 199 Å². The SMILES string of the molecule is CCCCCCOc1ccc(C=NNC(=O)c2cc(-c3cccnc3)nc3ccccc23)cc1. The Balaban J connectivity index is 1.43. The third kappa shape index (κ3) is 6.04. The first-order valence-electron chi connectivity index (χ1n) is 11.6. The molecule has 0 bridgehead atoms. The maximum absolute atomic E-state index is 13.0. The number of nitrogens with zero attached hydrogens (tertiary/aromatic N) is 3. The van der Waals surface area contributed by atoms with Crippen LogP contribution in [-0.2, 0) is 0 Å². The number of hydrogen-bond acceptors (Lipinski definition) is 5. The third-order valence-corrected chi connectivity index (χ3v) is 5.44. The summed E-state index contributed by atoms with van der Waals surface area (Å²) in [5.74, 6) is 0.538.